The molecule has 0 radical (unpaired) electrons. The average molecular weight is 353 g/mol. The number of rotatable bonds is 3. The first-order chi connectivity index (χ1) is 12.3. The van der Waals surface area contributed by atoms with Crippen molar-refractivity contribution in [3.63, 3.8) is 0 Å². The second-order valence-electron chi connectivity index (χ2n) is 7.12. The minimum Gasteiger partial charge on any atom is -0.309 e. The Labute approximate surface area is 151 Å². The number of likely N-dealkylation sites (tertiary alicyclic amines) is 1. The molecule has 1 atom stereocenters. The second kappa shape index (κ2) is 6.52. The summed E-state index contributed by atoms with van der Waals surface area (Å²) < 4.78 is 3.48. The van der Waals surface area contributed by atoms with Gasteiger partial charge in [-0.2, -0.15) is 5.10 Å². The van der Waals surface area contributed by atoms with Crippen molar-refractivity contribution in [1.82, 2.24) is 25.0 Å². The van der Waals surface area contributed by atoms with Gasteiger partial charge in [-0.3, -0.25) is 9.58 Å². The maximum Gasteiger partial charge on any atom is 0.0982 e. The molecule has 5 nitrogen and oxygen atoms in total. The SMILES string of the molecule is c1ccc2sc([C@H]3CCCN(Cc4cc5n(n4)CCNC5)C3)nc2c1. The zero-order valence-electron chi connectivity index (χ0n) is 14.3. The summed E-state index contributed by atoms with van der Waals surface area (Å²) in [5, 5.41) is 9.52. The van der Waals surface area contributed by atoms with Gasteiger partial charge in [-0.25, -0.2) is 4.98 Å². The van der Waals surface area contributed by atoms with Crippen molar-refractivity contribution in [1.29, 1.82) is 0 Å². The van der Waals surface area contributed by atoms with Crippen LogP contribution in [0.3, 0.4) is 0 Å². The van der Waals surface area contributed by atoms with E-state index in [-0.39, 0.29) is 0 Å². The number of hydrogen-bond acceptors (Lipinski definition) is 5. The molecule has 4 heterocycles. The van der Waals surface area contributed by atoms with Gasteiger partial charge in [0.1, 0.15) is 0 Å². The predicted octanol–water partition coefficient (Wildman–Crippen LogP) is 2.98. The van der Waals surface area contributed by atoms with Gasteiger partial charge in [0, 0.05) is 32.1 Å². The van der Waals surface area contributed by atoms with E-state index in [1.165, 1.54) is 40.5 Å². The van der Waals surface area contributed by atoms with Crippen molar-refractivity contribution in [3.05, 3.63) is 46.7 Å². The van der Waals surface area contributed by atoms with Crippen LogP contribution in [0.25, 0.3) is 10.2 Å². The Hall–Kier alpha value is -1.76. The summed E-state index contributed by atoms with van der Waals surface area (Å²) in [5.41, 5.74) is 3.68. The molecule has 0 spiro atoms. The Morgan fingerprint density at radius 3 is 3.12 bits per heavy atom. The van der Waals surface area contributed by atoms with Crippen molar-refractivity contribution in [3.8, 4) is 0 Å². The Bertz CT molecular complexity index is 826. The van der Waals surface area contributed by atoms with E-state index < -0.39 is 0 Å². The Balaban J connectivity index is 1.31. The molecule has 25 heavy (non-hydrogen) atoms. The zero-order chi connectivity index (χ0) is 16.6. The molecule has 1 fully saturated rings. The summed E-state index contributed by atoms with van der Waals surface area (Å²) >= 11 is 1.87. The lowest BCUT2D eigenvalue weighted by Gasteiger charge is -2.31. The van der Waals surface area contributed by atoms with E-state index >= 15 is 0 Å². The zero-order valence-corrected chi connectivity index (χ0v) is 15.1. The van der Waals surface area contributed by atoms with E-state index in [4.69, 9.17) is 10.1 Å². The molecular formula is C19H23N5S. The smallest absolute Gasteiger partial charge is 0.0982 e. The van der Waals surface area contributed by atoms with Gasteiger partial charge < -0.3 is 5.32 Å². The third-order valence-electron chi connectivity index (χ3n) is 5.27. The Morgan fingerprint density at radius 2 is 2.20 bits per heavy atom. The first-order valence-corrected chi connectivity index (χ1v) is 10.0. The van der Waals surface area contributed by atoms with Crippen LogP contribution in [0, 0.1) is 0 Å². The van der Waals surface area contributed by atoms with Crippen LogP contribution in [-0.2, 0) is 19.6 Å². The summed E-state index contributed by atoms with van der Waals surface area (Å²) in [5.74, 6) is 0.560. The van der Waals surface area contributed by atoms with Crippen molar-refractivity contribution in [2.45, 2.75) is 38.4 Å². The summed E-state index contributed by atoms with van der Waals surface area (Å²) in [6.45, 7) is 6.19. The van der Waals surface area contributed by atoms with E-state index in [9.17, 15) is 0 Å². The number of aromatic nitrogens is 3. The van der Waals surface area contributed by atoms with Crippen LogP contribution in [0.1, 0.15) is 35.2 Å². The molecule has 5 rings (SSSR count). The average Bonchev–Trinajstić information content (AvgIpc) is 3.25. The monoisotopic (exact) mass is 353 g/mol. The van der Waals surface area contributed by atoms with Crippen LogP contribution in [0.15, 0.2) is 30.3 Å². The molecule has 2 aromatic heterocycles. The van der Waals surface area contributed by atoms with Crippen LogP contribution in [0.5, 0.6) is 0 Å². The van der Waals surface area contributed by atoms with Crippen molar-refractivity contribution in [2.75, 3.05) is 19.6 Å². The minimum absolute atomic E-state index is 0.560. The van der Waals surface area contributed by atoms with Gasteiger partial charge in [0.2, 0.25) is 0 Å². The third kappa shape index (κ3) is 3.10. The quantitative estimate of drug-likeness (QED) is 0.786. The standard InChI is InChI=1S/C19H23N5S/c1-2-6-18-17(5-1)21-19(25-18)14-4-3-8-23(12-14)13-15-10-16-11-20-7-9-24(16)22-15/h1-2,5-6,10,14,20H,3-4,7-9,11-13H2/t14-/m0/s1. The predicted molar refractivity (Wildman–Crippen MR) is 101 cm³/mol. The second-order valence-corrected chi connectivity index (χ2v) is 8.18. The molecule has 0 saturated carbocycles. The van der Waals surface area contributed by atoms with Gasteiger partial charge in [0.15, 0.2) is 0 Å². The van der Waals surface area contributed by atoms with Crippen molar-refractivity contribution in [2.24, 2.45) is 0 Å². The number of piperidine rings is 1. The molecule has 0 amide bonds. The highest BCUT2D eigenvalue weighted by molar-refractivity contribution is 7.18. The van der Waals surface area contributed by atoms with Crippen molar-refractivity contribution < 1.29 is 0 Å². The van der Waals surface area contributed by atoms with E-state index in [1.54, 1.807) is 0 Å². The molecule has 1 N–H and O–H groups in total. The highest BCUT2D eigenvalue weighted by atomic mass is 32.1. The summed E-state index contributed by atoms with van der Waals surface area (Å²) in [4.78, 5) is 7.45. The summed E-state index contributed by atoms with van der Waals surface area (Å²) in [7, 11) is 0. The molecule has 1 saturated heterocycles. The van der Waals surface area contributed by atoms with Gasteiger partial charge in [-0.1, -0.05) is 12.1 Å². The molecule has 0 bridgehead atoms. The molecule has 6 heteroatoms. The number of nitrogens with one attached hydrogen (secondary N) is 1. The van der Waals surface area contributed by atoms with E-state index in [0.717, 1.165) is 38.2 Å². The van der Waals surface area contributed by atoms with Gasteiger partial charge in [-0.15, -0.1) is 11.3 Å². The van der Waals surface area contributed by atoms with Gasteiger partial charge in [0.05, 0.1) is 33.2 Å². The van der Waals surface area contributed by atoms with Crippen LogP contribution in [0.2, 0.25) is 0 Å². The maximum atomic E-state index is 4.89. The van der Waals surface area contributed by atoms with E-state index in [0.29, 0.717) is 5.92 Å². The molecule has 2 aliphatic heterocycles. The highest BCUT2D eigenvalue weighted by Gasteiger charge is 2.25. The van der Waals surface area contributed by atoms with Crippen LogP contribution >= 0.6 is 11.3 Å². The molecular weight excluding hydrogens is 330 g/mol. The Morgan fingerprint density at radius 1 is 1.24 bits per heavy atom. The Kier molecular flexibility index (Phi) is 4.04. The molecule has 2 aliphatic rings. The number of fused-ring (bicyclic) bond motifs is 2. The lowest BCUT2D eigenvalue weighted by Crippen LogP contribution is -2.34. The lowest BCUT2D eigenvalue weighted by atomic mass is 9.98. The fraction of sp³-hybridized carbons (Fsp3) is 0.474. The summed E-state index contributed by atoms with van der Waals surface area (Å²) in [6.07, 6.45) is 2.50. The van der Waals surface area contributed by atoms with Gasteiger partial charge in [0.25, 0.3) is 0 Å². The topological polar surface area (TPSA) is 46.0 Å². The van der Waals surface area contributed by atoms with Crippen LogP contribution in [-0.4, -0.2) is 39.3 Å². The minimum atomic E-state index is 0.560. The largest absolute Gasteiger partial charge is 0.309 e. The molecule has 0 unspecified atom stereocenters. The maximum absolute atomic E-state index is 4.89. The number of nitrogens with zero attached hydrogens (tertiary/aromatic N) is 4. The molecule has 3 aromatic rings. The van der Waals surface area contributed by atoms with E-state index in [2.05, 4.69) is 45.2 Å². The normalized spacial score (nSPS) is 21.5. The molecule has 130 valence electrons. The third-order valence-corrected chi connectivity index (χ3v) is 6.47. The van der Waals surface area contributed by atoms with Gasteiger partial charge >= 0.3 is 0 Å². The van der Waals surface area contributed by atoms with Gasteiger partial charge in [-0.05, 0) is 37.6 Å². The molecule has 0 aliphatic carbocycles. The fourth-order valence-electron chi connectivity index (χ4n) is 4.02. The summed E-state index contributed by atoms with van der Waals surface area (Å²) in [6, 6.07) is 10.8. The first kappa shape index (κ1) is 15.5. The number of benzene rings is 1. The first-order valence-electron chi connectivity index (χ1n) is 9.19. The number of thiazole rings is 1. The number of hydrogen-bond donors (Lipinski definition) is 1. The van der Waals surface area contributed by atoms with E-state index in [1.807, 2.05) is 11.3 Å². The van der Waals surface area contributed by atoms with Crippen LogP contribution in [0.4, 0.5) is 0 Å². The molecule has 1 aromatic carbocycles. The van der Waals surface area contributed by atoms with Crippen LogP contribution < -0.4 is 5.32 Å². The lowest BCUT2D eigenvalue weighted by molar-refractivity contribution is 0.197. The van der Waals surface area contributed by atoms with Crippen molar-refractivity contribution >= 4 is 21.6 Å². The highest BCUT2D eigenvalue weighted by Crippen LogP contribution is 2.33. The fourth-order valence-corrected chi connectivity index (χ4v) is 5.12. The number of para-hydroxylation sites is 1.